The van der Waals surface area contributed by atoms with Crippen LogP contribution in [0.25, 0.3) is 0 Å². The van der Waals surface area contributed by atoms with Gasteiger partial charge in [0.05, 0.1) is 0 Å². The van der Waals surface area contributed by atoms with Gasteiger partial charge < -0.3 is 9.47 Å². The van der Waals surface area contributed by atoms with E-state index in [1.165, 1.54) is 13.8 Å². The summed E-state index contributed by atoms with van der Waals surface area (Å²) in [5.41, 5.74) is 0. The molecular formula is C15H22O4. The molecule has 1 rings (SSSR count). The molecule has 0 amide bonds. The molecule has 0 heterocycles. The maximum absolute atomic E-state index is 10.6. The van der Waals surface area contributed by atoms with Crippen molar-refractivity contribution in [2.75, 3.05) is 13.2 Å². The Morgan fingerprint density at radius 1 is 0.947 bits per heavy atom. The molecule has 0 radical (unpaired) electrons. The van der Waals surface area contributed by atoms with Crippen LogP contribution in [0.5, 0.6) is 0 Å². The van der Waals surface area contributed by atoms with Crippen LogP contribution < -0.4 is 0 Å². The Bertz CT molecular complexity index is 323. The van der Waals surface area contributed by atoms with Gasteiger partial charge in [-0.2, -0.15) is 0 Å². The molecule has 106 valence electrons. The summed E-state index contributed by atoms with van der Waals surface area (Å²) in [6.07, 6.45) is 11.5. The topological polar surface area (TPSA) is 52.6 Å². The molecule has 4 nitrogen and oxygen atoms in total. The van der Waals surface area contributed by atoms with Crippen LogP contribution in [0.1, 0.15) is 33.1 Å². The second-order valence-corrected chi connectivity index (χ2v) is 4.79. The lowest BCUT2D eigenvalue weighted by atomic mass is 10.0. The standard InChI is InChI=1S/C15H22O4/c1-12(16)18-9-3-5-14-7-8-15(11-14)6-4-10-19-13(2)17/h3-6,14-15H,7-11H2,1-2H3/b5-3+,6-4+. The maximum atomic E-state index is 10.6. The third kappa shape index (κ3) is 7.44. The predicted octanol–water partition coefficient (Wildman–Crippen LogP) is 2.64. The van der Waals surface area contributed by atoms with Crippen LogP contribution in [0.2, 0.25) is 0 Å². The highest BCUT2D eigenvalue weighted by molar-refractivity contribution is 5.66. The molecule has 0 aromatic carbocycles. The van der Waals surface area contributed by atoms with Crippen LogP contribution in [0, 0.1) is 11.8 Å². The predicted molar refractivity (Wildman–Crippen MR) is 72.4 cm³/mol. The van der Waals surface area contributed by atoms with Gasteiger partial charge >= 0.3 is 11.9 Å². The molecule has 1 saturated carbocycles. The average Bonchev–Trinajstić information content (AvgIpc) is 2.78. The Balaban J connectivity index is 2.18. The molecule has 0 aliphatic heterocycles. The molecule has 0 aromatic heterocycles. The molecule has 1 fully saturated rings. The zero-order valence-corrected chi connectivity index (χ0v) is 11.6. The van der Waals surface area contributed by atoms with Crippen molar-refractivity contribution in [2.24, 2.45) is 11.8 Å². The van der Waals surface area contributed by atoms with Crippen LogP contribution >= 0.6 is 0 Å². The number of hydrogen-bond donors (Lipinski definition) is 0. The fourth-order valence-electron chi connectivity index (χ4n) is 2.23. The van der Waals surface area contributed by atoms with Crippen LogP contribution in [0.3, 0.4) is 0 Å². The van der Waals surface area contributed by atoms with Gasteiger partial charge in [-0.25, -0.2) is 0 Å². The van der Waals surface area contributed by atoms with Gasteiger partial charge in [-0.15, -0.1) is 0 Å². The first-order valence-corrected chi connectivity index (χ1v) is 6.68. The van der Waals surface area contributed by atoms with E-state index in [9.17, 15) is 9.59 Å². The van der Waals surface area contributed by atoms with E-state index < -0.39 is 0 Å². The summed E-state index contributed by atoms with van der Waals surface area (Å²) in [5.74, 6) is 0.613. The zero-order valence-electron chi connectivity index (χ0n) is 11.6. The Morgan fingerprint density at radius 3 is 1.74 bits per heavy atom. The van der Waals surface area contributed by atoms with Crippen molar-refractivity contribution >= 4 is 11.9 Å². The summed E-state index contributed by atoms with van der Waals surface area (Å²) in [7, 11) is 0. The minimum absolute atomic E-state index is 0.248. The van der Waals surface area contributed by atoms with Crippen molar-refractivity contribution in [3.05, 3.63) is 24.3 Å². The molecular weight excluding hydrogens is 244 g/mol. The lowest BCUT2D eigenvalue weighted by molar-refractivity contribution is -0.140. The number of ether oxygens (including phenoxy) is 2. The highest BCUT2D eigenvalue weighted by atomic mass is 16.5. The van der Waals surface area contributed by atoms with E-state index in [4.69, 9.17) is 9.47 Å². The molecule has 0 saturated heterocycles. The summed E-state index contributed by atoms with van der Waals surface area (Å²) >= 11 is 0. The normalized spacial score (nSPS) is 23.1. The van der Waals surface area contributed by atoms with Gasteiger partial charge in [-0.1, -0.05) is 24.3 Å². The van der Waals surface area contributed by atoms with Crippen molar-refractivity contribution < 1.29 is 19.1 Å². The van der Waals surface area contributed by atoms with Gasteiger partial charge in [-0.3, -0.25) is 9.59 Å². The van der Waals surface area contributed by atoms with Crippen LogP contribution in [-0.4, -0.2) is 25.2 Å². The van der Waals surface area contributed by atoms with Crippen LogP contribution in [0.15, 0.2) is 24.3 Å². The zero-order chi connectivity index (χ0) is 14.1. The first-order chi connectivity index (χ1) is 9.08. The third-order valence-corrected chi connectivity index (χ3v) is 3.10. The van der Waals surface area contributed by atoms with Crippen molar-refractivity contribution in [1.82, 2.24) is 0 Å². The van der Waals surface area contributed by atoms with E-state index in [0.717, 1.165) is 19.3 Å². The van der Waals surface area contributed by atoms with Gasteiger partial charge in [0.25, 0.3) is 0 Å². The minimum Gasteiger partial charge on any atom is -0.462 e. The quantitative estimate of drug-likeness (QED) is 0.548. The number of hydrogen-bond acceptors (Lipinski definition) is 4. The van der Waals surface area contributed by atoms with Crippen molar-refractivity contribution in [1.29, 1.82) is 0 Å². The Kier molecular flexibility index (Phi) is 6.93. The first kappa shape index (κ1) is 15.5. The molecule has 0 spiro atoms. The smallest absolute Gasteiger partial charge is 0.302 e. The fraction of sp³-hybridized carbons (Fsp3) is 0.600. The highest BCUT2D eigenvalue weighted by Crippen LogP contribution is 2.32. The van der Waals surface area contributed by atoms with Crippen molar-refractivity contribution in [2.45, 2.75) is 33.1 Å². The van der Waals surface area contributed by atoms with E-state index in [-0.39, 0.29) is 11.9 Å². The number of allylic oxidation sites excluding steroid dienone is 2. The molecule has 2 unspecified atom stereocenters. The summed E-state index contributed by atoms with van der Waals surface area (Å²) in [6, 6.07) is 0. The Labute approximate surface area is 114 Å². The van der Waals surface area contributed by atoms with Crippen LogP contribution in [-0.2, 0) is 19.1 Å². The second kappa shape index (κ2) is 8.51. The summed E-state index contributed by atoms with van der Waals surface area (Å²) in [6.45, 7) is 3.54. The molecule has 2 atom stereocenters. The summed E-state index contributed by atoms with van der Waals surface area (Å²) < 4.78 is 9.68. The molecule has 0 bridgehead atoms. The van der Waals surface area contributed by atoms with Gasteiger partial charge in [0.2, 0.25) is 0 Å². The fourth-order valence-corrected chi connectivity index (χ4v) is 2.23. The van der Waals surface area contributed by atoms with E-state index >= 15 is 0 Å². The SMILES string of the molecule is CC(=O)OC/C=C/C1CCC(/C=C/COC(C)=O)C1. The monoisotopic (exact) mass is 266 g/mol. The largest absolute Gasteiger partial charge is 0.462 e. The van der Waals surface area contributed by atoms with Gasteiger partial charge in [0.15, 0.2) is 0 Å². The van der Waals surface area contributed by atoms with Crippen LogP contribution in [0.4, 0.5) is 0 Å². The minimum atomic E-state index is -0.248. The van der Waals surface area contributed by atoms with E-state index in [2.05, 4.69) is 12.2 Å². The lowest BCUT2D eigenvalue weighted by Crippen LogP contribution is -1.99. The summed E-state index contributed by atoms with van der Waals surface area (Å²) in [4.78, 5) is 21.2. The molecule has 4 heteroatoms. The van der Waals surface area contributed by atoms with Crippen molar-refractivity contribution in [3.8, 4) is 0 Å². The Morgan fingerprint density at radius 2 is 1.37 bits per heavy atom. The number of esters is 2. The summed E-state index contributed by atoms with van der Waals surface area (Å²) in [5, 5.41) is 0. The molecule has 19 heavy (non-hydrogen) atoms. The molecule has 0 N–H and O–H groups in total. The van der Waals surface area contributed by atoms with E-state index in [1.54, 1.807) is 0 Å². The van der Waals surface area contributed by atoms with Gasteiger partial charge in [-0.05, 0) is 31.1 Å². The number of carbonyl (C=O) groups excluding carboxylic acids is 2. The van der Waals surface area contributed by atoms with Crippen molar-refractivity contribution in [3.63, 3.8) is 0 Å². The third-order valence-electron chi connectivity index (χ3n) is 3.10. The molecule has 0 aromatic rings. The van der Waals surface area contributed by atoms with E-state index in [1.807, 2.05) is 12.2 Å². The van der Waals surface area contributed by atoms with Gasteiger partial charge in [0.1, 0.15) is 13.2 Å². The number of carbonyl (C=O) groups is 2. The second-order valence-electron chi connectivity index (χ2n) is 4.79. The highest BCUT2D eigenvalue weighted by Gasteiger charge is 2.20. The molecule has 1 aliphatic carbocycles. The number of rotatable bonds is 6. The Hall–Kier alpha value is -1.58. The lowest BCUT2D eigenvalue weighted by Gasteiger charge is -2.03. The average molecular weight is 266 g/mol. The van der Waals surface area contributed by atoms with E-state index in [0.29, 0.717) is 25.0 Å². The van der Waals surface area contributed by atoms with Gasteiger partial charge in [0, 0.05) is 13.8 Å². The molecule has 1 aliphatic rings. The first-order valence-electron chi connectivity index (χ1n) is 6.68. The maximum Gasteiger partial charge on any atom is 0.302 e.